The summed E-state index contributed by atoms with van der Waals surface area (Å²) >= 11 is 0. The van der Waals surface area contributed by atoms with Crippen LogP contribution in [-0.4, -0.2) is 53.3 Å². The maximum absolute atomic E-state index is 12.0. The Balaban J connectivity index is 1.91. The van der Waals surface area contributed by atoms with Crippen molar-refractivity contribution in [3.63, 3.8) is 0 Å². The summed E-state index contributed by atoms with van der Waals surface area (Å²) in [6.07, 6.45) is 7.32. The van der Waals surface area contributed by atoms with E-state index in [4.69, 9.17) is 0 Å². The van der Waals surface area contributed by atoms with E-state index < -0.39 is 0 Å². The number of pyridine rings is 1. The molecule has 1 aromatic heterocycles. The minimum Gasteiger partial charge on any atom is -0.395 e. The Morgan fingerprint density at radius 2 is 2.14 bits per heavy atom. The first kappa shape index (κ1) is 16.7. The molecule has 1 aromatic rings. The molecule has 0 unspecified atom stereocenters. The molecule has 1 fully saturated rings. The molecule has 6 nitrogen and oxygen atoms in total. The van der Waals surface area contributed by atoms with Crippen molar-refractivity contribution in [2.45, 2.75) is 37.6 Å². The zero-order chi connectivity index (χ0) is 15.8. The van der Waals surface area contributed by atoms with E-state index in [9.17, 15) is 9.90 Å². The van der Waals surface area contributed by atoms with Crippen LogP contribution < -0.4 is 10.6 Å². The third-order valence-corrected chi connectivity index (χ3v) is 4.51. The Morgan fingerprint density at radius 1 is 1.36 bits per heavy atom. The number of hydrogen-bond donors (Lipinski definition) is 3. The van der Waals surface area contributed by atoms with Crippen LogP contribution in [0.1, 0.15) is 32.1 Å². The fourth-order valence-electron chi connectivity index (χ4n) is 3.13. The second kappa shape index (κ2) is 8.10. The highest BCUT2D eigenvalue weighted by atomic mass is 16.3. The maximum atomic E-state index is 12.0. The van der Waals surface area contributed by atoms with Gasteiger partial charge in [-0.05, 0) is 32.0 Å². The minimum atomic E-state index is -0.235. The van der Waals surface area contributed by atoms with Crippen LogP contribution in [0.4, 0.5) is 10.6 Å². The molecule has 0 aromatic carbocycles. The van der Waals surface area contributed by atoms with Crippen molar-refractivity contribution in [2.24, 2.45) is 0 Å². The normalized spacial score (nSPS) is 17.2. The van der Waals surface area contributed by atoms with E-state index in [-0.39, 0.29) is 18.2 Å². The summed E-state index contributed by atoms with van der Waals surface area (Å²) in [6.45, 7) is 1.35. The molecule has 0 bridgehead atoms. The van der Waals surface area contributed by atoms with Gasteiger partial charge in [0.05, 0.1) is 6.61 Å². The summed E-state index contributed by atoms with van der Waals surface area (Å²) in [5.41, 5.74) is -0.0531. The summed E-state index contributed by atoms with van der Waals surface area (Å²) in [6, 6.07) is 5.17. The van der Waals surface area contributed by atoms with Gasteiger partial charge in [-0.2, -0.15) is 0 Å². The highest BCUT2D eigenvalue weighted by molar-refractivity contribution is 5.88. The average Bonchev–Trinajstić information content (AvgIpc) is 2.55. The van der Waals surface area contributed by atoms with E-state index in [1.165, 1.54) is 19.3 Å². The first-order valence-corrected chi connectivity index (χ1v) is 7.94. The molecule has 0 saturated heterocycles. The fourth-order valence-corrected chi connectivity index (χ4v) is 3.13. The highest BCUT2D eigenvalue weighted by Gasteiger charge is 2.35. The number of aliphatic hydroxyl groups excluding tert-OH is 1. The van der Waals surface area contributed by atoms with Crippen LogP contribution in [0.5, 0.6) is 0 Å². The number of likely N-dealkylation sites (N-methyl/N-ethyl adjacent to an activating group) is 1. The lowest BCUT2D eigenvalue weighted by Crippen LogP contribution is -2.56. The van der Waals surface area contributed by atoms with Gasteiger partial charge in [-0.1, -0.05) is 25.3 Å². The number of aromatic nitrogens is 1. The number of anilines is 1. The molecule has 0 radical (unpaired) electrons. The first-order chi connectivity index (χ1) is 10.7. The Morgan fingerprint density at radius 3 is 2.77 bits per heavy atom. The lowest BCUT2D eigenvalue weighted by atomic mass is 9.80. The van der Waals surface area contributed by atoms with Gasteiger partial charge in [0.25, 0.3) is 0 Å². The van der Waals surface area contributed by atoms with Gasteiger partial charge in [-0.25, -0.2) is 9.78 Å². The van der Waals surface area contributed by atoms with E-state index in [0.29, 0.717) is 18.9 Å². The molecule has 0 aliphatic heterocycles. The minimum absolute atomic E-state index is 0.0531. The lowest BCUT2D eigenvalue weighted by molar-refractivity contribution is 0.0605. The molecule has 0 atom stereocenters. The van der Waals surface area contributed by atoms with Crippen molar-refractivity contribution in [1.29, 1.82) is 0 Å². The van der Waals surface area contributed by atoms with Crippen molar-refractivity contribution in [1.82, 2.24) is 15.2 Å². The maximum Gasteiger partial charge on any atom is 0.320 e. The SMILES string of the molecule is CN(CCO)C1(CNC(=O)Nc2ccccn2)CCCCC1. The second-order valence-corrected chi connectivity index (χ2v) is 5.95. The summed E-state index contributed by atoms with van der Waals surface area (Å²) in [5.74, 6) is 0.543. The quantitative estimate of drug-likeness (QED) is 0.749. The van der Waals surface area contributed by atoms with Crippen LogP contribution in [0.3, 0.4) is 0 Å². The summed E-state index contributed by atoms with van der Waals surface area (Å²) < 4.78 is 0. The van der Waals surface area contributed by atoms with Crippen LogP contribution in [0.15, 0.2) is 24.4 Å². The van der Waals surface area contributed by atoms with Gasteiger partial charge in [0.1, 0.15) is 5.82 Å². The van der Waals surface area contributed by atoms with Crippen LogP contribution in [0, 0.1) is 0 Å². The van der Waals surface area contributed by atoms with Crippen molar-refractivity contribution < 1.29 is 9.90 Å². The zero-order valence-electron chi connectivity index (χ0n) is 13.2. The van der Waals surface area contributed by atoms with Crippen molar-refractivity contribution in [3.8, 4) is 0 Å². The van der Waals surface area contributed by atoms with E-state index in [1.54, 1.807) is 12.3 Å². The van der Waals surface area contributed by atoms with Crippen molar-refractivity contribution >= 4 is 11.8 Å². The van der Waals surface area contributed by atoms with Crippen LogP contribution >= 0.6 is 0 Å². The van der Waals surface area contributed by atoms with Gasteiger partial charge in [0.15, 0.2) is 0 Å². The predicted molar refractivity (Wildman–Crippen MR) is 86.8 cm³/mol. The lowest BCUT2D eigenvalue weighted by Gasteiger charge is -2.44. The highest BCUT2D eigenvalue weighted by Crippen LogP contribution is 2.32. The number of aliphatic hydroxyl groups is 1. The predicted octanol–water partition coefficient (Wildman–Crippen LogP) is 1.83. The molecular weight excluding hydrogens is 280 g/mol. The van der Waals surface area contributed by atoms with E-state index in [1.807, 2.05) is 19.2 Å². The molecule has 1 saturated carbocycles. The Labute approximate surface area is 131 Å². The summed E-state index contributed by atoms with van der Waals surface area (Å²) in [4.78, 5) is 18.3. The molecule has 1 aliphatic carbocycles. The molecule has 6 heteroatoms. The van der Waals surface area contributed by atoms with Gasteiger partial charge in [0, 0.05) is 24.8 Å². The molecule has 2 amide bonds. The molecule has 122 valence electrons. The molecule has 3 N–H and O–H groups in total. The Kier molecular flexibility index (Phi) is 6.15. The number of nitrogens with one attached hydrogen (secondary N) is 2. The number of β-amino-alcohol motifs (C(OH)–C–C–N with tert-alkyl or cyclic N) is 1. The van der Waals surface area contributed by atoms with Gasteiger partial charge in [0.2, 0.25) is 0 Å². The number of rotatable bonds is 6. The van der Waals surface area contributed by atoms with Gasteiger partial charge in [-0.3, -0.25) is 10.2 Å². The number of amides is 2. The molecule has 1 aliphatic rings. The Hall–Kier alpha value is -1.66. The van der Waals surface area contributed by atoms with Crippen molar-refractivity contribution in [3.05, 3.63) is 24.4 Å². The summed E-state index contributed by atoms with van der Waals surface area (Å²) in [7, 11) is 2.03. The van der Waals surface area contributed by atoms with Gasteiger partial charge < -0.3 is 10.4 Å². The molecule has 1 heterocycles. The fraction of sp³-hybridized carbons (Fsp3) is 0.625. The second-order valence-electron chi connectivity index (χ2n) is 5.95. The Bertz CT molecular complexity index is 460. The van der Waals surface area contributed by atoms with Gasteiger partial charge >= 0.3 is 6.03 Å². The number of nitrogens with zero attached hydrogens (tertiary/aromatic N) is 2. The largest absolute Gasteiger partial charge is 0.395 e. The molecule has 0 spiro atoms. The topological polar surface area (TPSA) is 77.5 Å². The molecule has 22 heavy (non-hydrogen) atoms. The van der Waals surface area contributed by atoms with E-state index in [0.717, 1.165) is 12.8 Å². The van der Waals surface area contributed by atoms with Crippen LogP contribution in [-0.2, 0) is 0 Å². The molecular formula is C16H26N4O2. The third-order valence-electron chi connectivity index (χ3n) is 4.51. The van der Waals surface area contributed by atoms with Crippen LogP contribution in [0.2, 0.25) is 0 Å². The monoisotopic (exact) mass is 306 g/mol. The number of carbonyl (C=O) groups excluding carboxylic acids is 1. The number of urea groups is 1. The molecule has 2 rings (SSSR count). The van der Waals surface area contributed by atoms with E-state index in [2.05, 4.69) is 20.5 Å². The standard InChI is InChI=1S/C16H26N4O2/c1-20(11-12-21)16(8-4-2-5-9-16)13-18-15(22)19-14-7-3-6-10-17-14/h3,6-7,10,21H,2,4-5,8-9,11-13H2,1H3,(H2,17,18,19,22). The average molecular weight is 306 g/mol. The van der Waals surface area contributed by atoms with Gasteiger partial charge in [-0.15, -0.1) is 0 Å². The van der Waals surface area contributed by atoms with E-state index >= 15 is 0 Å². The smallest absolute Gasteiger partial charge is 0.320 e. The van der Waals surface area contributed by atoms with Crippen molar-refractivity contribution in [2.75, 3.05) is 32.1 Å². The van der Waals surface area contributed by atoms with Crippen LogP contribution in [0.25, 0.3) is 0 Å². The number of hydrogen-bond acceptors (Lipinski definition) is 4. The third kappa shape index (κ3) is 4.42. The first-order valence-electron chi connectivity index (χ1n) is 7.94. The number of carbonyl (C=O) groups is 1. The zero-order valence-corrected chi connectivity index (χ0v) is 13.2. The summed E-state index contributed by atoms with van der Waals surface area (Å²) in [5, 5.41) is 14.9.